The Bertz CT molecular complexity index is 587. The van der Waals surface area contributed by atoms with Gasteiger partial charge in [0.15, 0.2) is 11.5 Å². The molecule has 0 radical (unpaired) electrons. The summed E-state index contributed by atoms with van der Waals surface area (Å²) in [5, 5.41) is 29.3. The van der Waals surface area contributed by atoms with Gasteiger partial charge in [0.25, 0.3) is 0 Å². The zero-order valence-corrected chi connectivity index (χ0v) is 8.56. The van der Waals surface area contributed by atoms with Crippen LogP contribution in [0.25, 0.3) is 10.8 Å². The highest BCUT2D eigenvalue weighted by atomic mass is 16.4. The Morgan fingerprint density at radius 2 is 1.62 bits per heavy atom. The third-order valence-electron chi connectivity index (χ3n) is 2.63. The van der Waals surface area contributed by atoms with Crippen LogP contribution in [0.4, 0.5) is 0 Å². The maximum atomic E-state index is 11.0. The molecule has 2 aromatic rings. The van der Waals surface area contributed by atoms with Crippen LogP contribution in [0.15, 0.2) is 24.3 Å². The van der Waals surface area contributed by atoms with Crippen molar-refractivity contribution in [2.24, 2.45) is 0 Å². The highest BCUT2D eigenvalue weighted by Gasteiger charge is 2.20. The normalized spacial score (nSPS) is 10.6. The number of aromatic carboxylic acids is 1. The van der Waals surface area contributed by atoms with E-state index >= 15 is 0 Å². The van der Waals surface area contributed by atoms with Gasteiger partial charge in [-0.05, 0) is 12.3 Å². The van der Waals surface area contributed by atoms with Crippen LogP contribution < -0.4 is 0 Å². The van der Waals surface area contributed by atoms with Crippen molar-refractivity contribution in [1.29, 1.82) is 0 Å². The number of carbonyl (C=O) groups is 1. The van der Waals surface area contributed by atoms with Crippen LogP contribution in [0.1, 0.15) is 15.9 Å². The second-order valence-electron chi connectivity index (χ2n) is 3.55. The number of rotatable bonds is 1. The zero-order valence-electron chi connectivity index (χ0n) is 8.56. The van der Waals surface area contributed by atoms with E-state index in [1.54, 1.807) is 31.2 Å². The fourth-order valence-electron chi connectivity index (χ4n) is 1.80. The Morgan fingerprint density at radius 1 is 1.06 bits per heavy atom. The molecule has 2 rings (SSSR count). The van der Waals surface area contributed by atoms with Gasteiger partial charge < -0.3 is 15.3 Å². The van der Waals surface area contributed by atoms with Gasteiger partial charge in [0.2, 0.25) is 0 Å². The largest absolute Gasteiger partial charge is 0.504 e. The number of hydrogen-bond donors (Lipinski definition) is 3. The number of carboxylic acid groups (broad SMARTS) is 1. The number of phenols is 2. The molecule has 4 nitrogen and oxygen atoms in total. The molecule has 82 valence electrons. The first kappa shape index (κ1) is 10.3. The fraction of sp³-hybridized carbons (Fsp3) is 0.0833. The maximum Gasteiger partial charge on any atom is 0.340 e. The Morgan fingerprint density at radius 3 is 2.19 bits per heavy atom. The van der Waals surface area contributed by atoms with E-state index in [-0.39, 0.29) is 11.3 Å². The van der Waals surface area contributed by atoms with Crippen molar-refractivity contribution in [3.63, 3.8) is 0 Å². The lowest BCUT2D eigenvalue weighted by Crippen LogP contribution is -1.99. The van der Waals surface area contributed by atoms with Crippen LogP contribution in [0, 0.1) is 6.92 Å². The van der Waals surface area contributed by atoms with Crippen LogP contribution in [0.5, 0.6) is 11.5 Å². The van der Waals surface area contributed by atoms with Gasteiger partial charge in [-0.25, -0.2) is 4.79 Å². The molecule has 0 saturated carbocycles. The summed E-state index contributed by atoms with van der Waals surface area (Å²) in [5.41, 5.74) is 0.205. The summed E-state index contributed by atoms with van der Waals surface area (Å²) in [5.74, 6) is -2.22. The topological polar surface area (TPSA) is 77.8 Å². The van der Waals surface area contributed by atoms with E-state index in [0.29, 0.717) is 16.3 Å². The van der Waals surface area contributed by atoms with Gasteiger partial charge in [-0.3, -0.25) is 0 Å². The Labute approximate surface area is 91.4 Å². The quantitative estimate of drug-likeness (QED) is 0.641. The lowest BCUT2D eigenvalue weighted by molar-refractivity contribution is 0.0695. The van der Waals surface area contributed by atoms with Crippen molar-refractivity contribution in [1.82, 2.24) is 0 Å². The van der Waals surface area contributed by atoms with E-state index in [0.717, 1.165) is 0 Å². The molecule has 0 amide bonds. The van der Waals surface area contributed by atoms with Crippen molar-refractivity contribution >= 4 is 16.7 Å². The van der Waals surface area contributed by atoms with Crippen LogP contribution in [0.2, 0.25) is 0 Å². The van der Waals surface area contributed by atoms with Crippen LogP contribution >= 0.6 is 0 Å². The van der Waals surface area contributed by atoms with E-state index in [1.165, 1.54) is 0 Å². The molecule has 0 aliphatic carbocycles. The molecule has 0 unspecified atom stereocenters. The molecule has 0 aromatic heterocycles. The van der Waals surface area contributed by atoms with Gasteiger partial charge in [0.1, 0.15) is 5.56 Å². The Kier molecular flexibility index (Phi) is 2.20. The summed E-state index contributed by atoms with van der Waals surface area (Å²) in [6.45, 7) is 1.63. The molecular weight excluding hydrogens is 208 g/mol. The smallest absolute Gasteiger partial charge is 0.340 e. The van der Waals surface area contributed by atoms with Gasteiger partial charge in [-0.15, -0.1) is 0 Å². The molecule has 3 N–H and O–H groups in total. The summed E-state index contributed by atoms with van der Waals surface area (Å²) < 4.78 is 0. The first-order valence-corrected chi connectivity index (χ1v) is 4.70. The SMILES string of the molecule is Cc1c(O)c(O)c(C(=O)O)c2ccccc12. The van der Waals surface area contributed by atoms with E-state index in [1.807, 2.05) is 0 Å². The predicted octanol–water partition coefficient (Wildman–Crippen LogP) is 2.26. The number of benzene rings is 2. The second kappa shape index (κ2) is 3.41. The molecule has 2 aromatic carbocycles. The minimum absolute atomic E-state index is 0.265. The average Bonchev–Trinajstić information content (AvgIpc) is 2.26. The van der Waals surface area contributed by atoms with E-state index < -0.39 is 11.7 Å². The average molecular weight is 218 g/mol. The van der Waals surface area contributed by atoms with Gasteiger partial charge in [-0.1, -0.05) is 24.3 Å². The zero-order chi connectivity index (χ0) is 11.9. The van der Waals surface area contributed by atoms with E-state index in [4.69, 9.17) is 5.11 Å². The lowest BCUT2D eigenvalue weighted by atomic mass is 9.98. The second-order valence-corrected chi connectivity index (χ2v) is 3.55. The highest BCUT2D eigenvalue weighted by Crippen LogP contribution is 2.39. The van der Waals surface area contributed by atoms with E-state index in [2.05, 4.69) is 0 Å². The summed E-state index contributed by atoms with van der Waals surface area (Å²) >= 11 is 0. The molecule has 0 atom stereocenters. The van der Waals surface area contributed by atoms with Crippen LogP contribution in [-0.2, 0) is 0 Å². The third-order valence-corrected chi connectivity index (χ3v) is 2.63. The Hall–Kier alpha value is -2.23. The standard InChI is InChI=1S/C12H10O4/c1-6-7-4-2-3-5-8(7)9(12(15)16)11(14)10(6)13/h2-5,13-14H,1H3,(H,15,16). The van der Waals surface area contributed by atoms with Gasteiger partial charge >= 0.3 is 5.97 Å². The molecule has 4 heteroatoms. The van der Waals surface area contributed by atoms with Crippen molar-refractivity contribution in [3.05, 3.63) is 35.4 Å². The first-order valence-electron chi connectivity index (χ1n) is 4.70. The number of phenolic OH excluding ortho intramolecular Hbond substituents is 1. The number of fused-ring (bicyclic) bond motifs is 1. The van der Waals surface area contributed by atoms with Gasteiger partial charge in [0, 0.05) is 10.9 Å². The minimum Gasteiger partial charge on any atom is -0.504 e. The molecule has 0 bridgehead atoms. The number of aromatic hydroxyl groups is 2. The molecule has 0 aliphatic rings. The summed E-state index contributed by atoms with van der Waals surface area (Å²) in [7, 11) is 0. The fourth-order valence-corrected chi connectivity index (χ4v) is 1.80. The summed E-state index contributed by atoms with van der Waals surface area (Å²) in [6.07, 6.45) is 0. The van der Waals surface area contributed by atoms with Crippen molar-refractivity contribution in [3.8, 4) is 11.5 Å². The predicted molar refractivity (Wildman–Crippen MR) is 59.0 cm³/mol. The summed E-state index contributed by atoms with van der Waals surface area (Å²) in [6, 6.07) is 6.74. The molecule has 0 aliphatic heterocycles. The van der Waals surface area contributed by atoms with Crippen LogP contribution in [-0.4, -0.2) is 21.3 Å². The molecule has 0 heterocycles. The molecule has 0 saturated heterocycles. The van der Waals surface area contributed by atoms with Crippen LogP contribution in [0.3, 0.4) is 0 Å². The van der Waals surface area contributed by atoms with E-state index in [9.17, 15) is 15.0 Å². The highest BCUT2D eigenvalue weighted by molar-refractivity contribution is 6.08. The van der Waals surface area contributed by atoms with Crippen molar-refractivity contribution in [2.45, 2.75) is 6.92 Å². The molecule has 16 heavy (non-hydrogen) atoms. The van der Waals surface area contributed by atoms with Crippen molar-refractivity contribution in [2.75, 3.05) is 0 Å². The number of carboxylic acids is 1. The monoisotopic (exact) mass is 218 g/mol. The Balaban J connectivity index is 3.04. The maximum absolute atomic E-state index is 11.0. The molecular formula is C12H10O4. The molecule has 0 fully saturated rings. The van der Waals surface area contributed by atoms with Gasteiger partial charge in [0.05, 0.1) is 0 Å². The number of hydrogen-bond acceptors (Lipinski definition) is 3. The number of aryl methyl sites for hydroxylation is 1. The third kappa shape index (κ3) is 1.27. The van der Waals surface area contributed by atoms with Crippen molar-refractivity contribution < 1.29 is 20.1 Å². The first-order chi connectivity index (χ1) is 7.54. The van der Waals surface area contributed by atoms with Gasteiger partial charge in [-0.2, -0.15) is 0 Å². The lowest BCUT2D eigenvalue weighted by Gasteiger charge is -2.10. The minimum atomic E-state index is -1.26. The summed E-state index contributed by atoms with van der Waals surface area (Å²) in [4.78, 5) is 11.0. The molecule has 0 spiro atoms.